The van der Waals surface area contributed by atoms with Crippen LogP contribution in [0.1, 0.15) is 23.4 Å². The Balaban J connectivity index is 2.15. The van der Waals surface area contributed by atoms with E-state index in [2.05, 4.69) is 15.9 Å². The average Bonchev–Trinajstić information content (AvgIpc) is 2.72. The van der Waals surface area contributed by atoms with Gasteiger partial charge in [-0.15, -0.1) is 11.3 Å². The molecule has 0 unspecified atom stereocenters. The van der Waals surface area contributed by atoms with Crippen LogP contribution in [-0.2, 0) is 6.61 Å². The van der Waals surface area contributed by atoms with Crippen LogP contribution in [0.3, 0.4) is 0 Å². The first-order valence-corrected chi connectivity index (χ1v) is 7.14. The summed E-state index contributed by atoms with van der Waals surface area (Å²) in [5.41, 5.74) is 6.64. The minimum Gasteiger partial charge on any atom is -0.488 e. The van der Waals surface area contributed by atoms with Crippen molar-refractivity contribution >= 4 is 27.3 Å². The molecule has 0 amide bonds. The molecule has 0 bridgehead atoms. The van der Waals surface area contributed by atoms with Gasteiger partial charge in [0.1, 0.15) is 18.2 Å². The van der Waals surface area contributed by atoms with Crippen molar-refractivity contribution < 1.29 is 9.13 Å². The Kier molecular flexibility index (Phi) is 4.37. The Hall–Kier alpha value is -0.910. The van der Waals surface area contributed by atoms with Crippen LogP contribution in [0, 0.1) is 5.82 Å². The standard InChI is InChI=1S/C13H13BrFNOS/c1-8(16)12-3-2-10(15)5-13(12)17-6-11-4-9(14)7-18-11/h2-5,7-8H,6,16H2,1H3/t8-/m0/s1. The van der Waals surface area contributed by atoms with Crippen LogP contribution in [0.2, 0.25) is 0 Å². The first-order valence-electron chi connectivity index (χ1n) is 5.47. The lowest BCUT2D eigenvalue weighted by atomic mass is 10.1. The number of nitrogens with two attached hydrogens (primary N) is 1. The van der Waals surface area contributed by atoms with Crippen LogP contribution in [0.15, 0.2) is 34.1 Å². The number of rotatable bonds is 4. The second-order valence-electron chi connectivity index (χ2n) is 3.99. The Bertz CT molecular complexity index is 542. The van der Waals surface area contributed by atoms with E-state index in [9.17, 15) is 4.39 Å². The molecule has 0 saturated carbocycles. The zero-order valence-electron chi connectivity index (χ0n) is 9.82. The second-order valence-corrected chi connectivity index (χ2v) is 5.90. The number of hydrogen-bond acceptors (Lipinski definition) is 3. The van der Waals surface area contributed by atoms with Crippen LogP contribution < -0.4 is 10.5 Å². The third-order valence-electron chi connectivity index (χ3n) is 2.46. The average molecular weight is 330 g/mol. The smallest absolute Gasteiger partial charge is 0.127 e. The molecule has 96 valence electrons. The van der Waals surface area contributed by atoms with Gasteiger partial charge in [0, 0.05) is 32.4 Å². The third kappa shape index (κ3) is 3.31. The van der Waals surface area contributed by atoms with Gasteiger partial charge in [-0.2, -0.15) is 0 Å². The van der Waals surface area contributed by atoms with Crippen molar-refractivity contribution in [2.45, 2.75) is 19.6 Å². The number of hydrogen-bond donors (Lipinski definition) is 1. The Morgan fingerprint density at radius 2 is 2.22 bits per heavy atom. The minimum atomic E-state index is -0.318. The molecule has 0 spiro atoms. The largest absolute Gasteiger partial charge is 0.488 e. The molecule has 2 N–H and O–H groups in total. The molecular weight excluding hydrogens is 317 g/mol. The summed E-state index contributed by atoms with van der Waals surface area (Å²) in [6.07, 6.45) is 0. The van der Waals surface area contributed by atoms with E-state index in [1.165, 1.54) is 12.1 Å². The molecule has 0 radical (unpaired) electrons. The molecule has 1 aromatic heterocycles. The van der Waals surface area contributed by atoms with Crippen molar-refractivity contribution in [2.24, 2.45) is 5.73 Å². The molecule has 0 fully saturated rings. The molecule has 0 aliphatic carbocycles. The normalized spacial score (nSPS) is 12.4. The van der Waals surface area contributed by atoms with Gasteiger partial charge >= 0.3 is 0 Å². The lowest BCUT2D eigenvalue weighted by molar-refractivity contribution is 0.303. The highest BCUT2D eigenvalue weighted by Crippen LogP contribution is 2.27. The fraction of sp³-hybridized carbons (Fsp3) is 0.231. The van der Waals surface area contributed by atoms with Crippen molar-refractivity contribution in [1.82, 2.24) is 0 Å². The van der Waals surface area contributed by atoms with E-state index in [1.54, 1.807) is 17.4 Å². The summed E-state index contributed by atoms with van der Waals surface area (Å²) in [7, 11) is 0. The number of benzene rings is 1. The molecular formula is C13H13BrFNOS. The van der Waals surface area contributed by atoms with Gasteiger partial charge in [0.05, 0.1) is 0 Å². The van der Waals surface area contributed by atoms with E-state index < -0.39 is 0 Å². The summed E-state index contributed by atoms with van der Waals surface area (Å²) in [5.74, 6) is 0.191. The van der Waals surface area contributed by atoms with Gasteiger partial charge in [-0.3, -0.25) is 0 Å². The van der Waals surface area contributed by atoms with Gasteiger partial charge < -0.3 is 10.5 Å². The summed E-state index contributed by atoms with van der Waals surface area (Å²) < 4.78 is 19.9. The van der Waals surface area contributed by atoms with Crippen molar-refractivity contribution in [2.75, 3.05) is 0 Å². The maximum absolute atomic E-state index is 13.2. The quantitative estimate of drug-likeness (QED) is 0.910. The summed E-state index contributed by atoms with van der Waals surface area (Å²) in [5, 5.41) is 1.98. The van der Waals surface area contributed by atoms with E-state index in [1.807, 2.05) is 18.4 Å². The van der Waals surface area contributed by atoms with E-state index in [4.69, 9.17) is 10.5 Å². The van der Waals surface area contributed by atoms with E-state index in [0.29, 0.717) is 12.4 Å². The molecule has 1 aromatic carbocycles. The topological polar surface area (TPSA) is 35.2 Å². The fourth-order valence-electron chi connectivity index (χ4n) is 1.59. The van der Waals surface area contributed by atoms with Gasteiger partial charge in [0.2, 0.25) is 0 Å². The maximum Gasteiger partial charge on any atom is 0.127 e. The van der Waals surface area contributed by atoms with Gasteiger partial charge in [-0.05, 0) is 35.0 Å². The van der Waals surface area contributed by atoms with Gasteiger partial charge in [0.15, 0.2) is 0 Å². The van der Waals surface area contributed by atoms with Crippen LogP contribution in [0.25, 0.3) is 0 Å². The molecule has 5 heteroatoms. The SMILES string of the molecule is C[C@H](N)c1ccc(F)cc1OCc1cc(Br)cs1. The lowest BCUT2D eigenvalue weighted by Gasteiger charge is -2.13. The molecule has 2 rings (SSSR count). The van der Waals surface area contributed by atoms with E-state index in [-0.39, 0.29) is 11.9 Å². The minimum absolute atomic E-state index is 0.185. The van der Waals surface area contributed by atoms with Crippen LogP contribution in [0.5, 0.6) is 5.75 Å². The molecule has 1 atom stereocenters. The molecule has 0 aliphatic rings. The maximum atomic E-state index is 13.2. The second kappa shape index (κ2) is 5.82. The predicted octanol–water partition coefficient (Wildman–Crippen LogP) is 4.25. The number of halogens is 2. The number of thiophene rings is 1. The first-order chi connectivity index (χ1) is 8.56. The zero-order chi connectivity index (χ0) is 13.1. The van der Waals surface area contributed by atoms with Crippen LogP contribution in [0.4, 0.5) is 4.39 Å². The van der Waals surface area contributed by atoms with Gasteiger partial charge in [-0.25, -0.2) is 4.39 Å². The number of ether oxygens (including phenoxy) is 1. The molecule has 0 aliphatic heterocycles. The van der Waals surface area contributed by atoms with Crippen LogP contribution in [-0.4, -0.2) is 0 Å². The van der Waals surface area contributed by atoms with Crippen molar-refractivity contribution in [3.63, 3.8) is 0 Å². The molecule has 0 saturated heterocycles. The molecule has 2 nitrogen and oxygen atoms in total. The Morgan fingerprint density at radius 3 is 2.83 bits per heavy atom. The predicted molar refractivity (Wildman–Crippen MR) is 75.4 cm³/mol. The molecule has 18 heavy (non-hydrogen) atoms. The highest BCUT2D eigenvalue weighted by Gasteiger charge is 2.10. The van der Waals surface area contributed by atoms with Crippen molar-refractivity contribution in [3.05, 3.63) is 50.4 Å². The monoisotopic (exact) mass is 329 g/mol. The van der Waals surface area contributed by atoms with Crippen molar-refractivity contribution in [3.8, 4) is 5.75 Å². The van der Waals surface area contributed by atoms with Gasteiger partial charge in [0.25, 0.3) is 0 Å². The van der Waals surface area contributed by atoms with E-state index in [0.717, 1.165) is 14.9 Å². The summed E-state index contributed by atoms with van der Waals surface area (Å²) in [4.78, 5) is 1.07. The lowest BCUT2D eigenvalue weighted by Crippen LogP contribution is -2.08. The summed E-state index contributed by atoms with van der Waals surface area (Å²) >= 11 is 4.97. The van der Waals surface area contributed by atoms with Gasteiger partial charge in [-0.1, -0.05) is 6.07 Å². The van der Waals surface area contributed by atoms with Crippen molar-refractivity contribution in [1.29, 1.82) is 0 Å². The Morgan fingerprint density at radius 1 is 1.44 bits per heavy atom. The summed E-state index contributed by atoms with van der Waals surface area (Å²) in [6, 6.07) is 6.24. The van der Waals surface area contributed by atoms with Crippen LogP contribution >= 0.6 is 27.3 Å². The fourth-order valence-corrected chi connectivity index (χ4v) is 2.95. The Labute approximate surface area is 118 Å². The highest BCUT2D eigenvalue weighted by molar-refractivity contribution is 9.10. The molecule has 2 aromatic rings. The first kappa shape index (κ1) is 13.5. The zero-order valence-corrected chi connectivity index (χ0v) is 12.2. The third-order valence-corrected chi connectivity index (χ3v) is 4.13. The highest BCUT2D eigenvalue weighted by atomic mass is 79.9. The molecule has 1 heterocycles. The van der Waals surface area contributed by atoms with E-state index >= 15 is 0 Å². The summed E-state index contributed by atoms with van der Waals surface area (Å²) in [6.45, 7) is 2.27.